The largest absolute Gasteiger partial charge is 0.382 e. The van der Waals surface area contributed by atoms with Crippen molar-refractivity contribution in [3.8, 4) is 0 Å². The lowest BCUT2D eigenvalue weighted by molar-refractivity contribution is 1.21. The van der Waals surface area contributed by atoms with Crippen molar-refractivity contribution >= 4 is 33.3 Å². The van der Waals surface area contributed by atoms with Crippen molar-refractivity contribution in [2.24, 2.45) is 0 Å². The first-order valence-electron chi connectivity index (χ1n) is 4.76. The van der Waals surface area contributed by atoms with Crippen LogP contribution in [0.5, 0.6) is 0 Å². The van der Waals surface area contributed by atoms with E-state index < -0.39 is 0 Å². The highest BCUT2D eigenvalue weighted by molar-refractivity contribution is 9.10. The van der Waals surface area contributed by atoms with Crippen molar-refractivity contribution in [2.45, 2.75) is 6.92 Å². The van der Waals surface area contributed by atoms with Crippen molar-refractivity contribution in [3.05, 3.63) is 40.6 Å². The van der Waals surface area contributed by atoms with Crippen LogP contribution in [0.25, 0.3) is 0 Å². The molecule has 1 aromatic carbocycles. The summed E-state index contributed by atoms with van der Waals surface area (Å²) in [6.07, 6.45) is 3.14. The van der Waals surface area contributed by atoms with Crippen molar-refractivity contribution < 1.29 is 0 Å². The Bertz CT molecular complexity index is 513. The molecule has 82 valence electrons. The van der Waals surface area contributed by atoms with E-state index in [9.17, 15) is 0 Å². The zero-order chi connectivity index (χ0) is 11.5. The minimum absolute atomic E-state index is 0.399. The van der Waals surface area contributed by atoms with E-state index in [0.717, 1.165) is 10.2 Å². The lowest BCUT2D eigenvalue weighted by atomic mass is 10.2. The summed E-state index contributed by atoms with van der Waals surface area (Å²) in [5.41, 5.74) is 7.67. The van der Waals surface area contributed by atoms with Gasteiger partial charge in [-0.1, -0.05) is 22.0 Å². The number of hydrogen-bond acceptors (Lipinski definition) is 4. The Morgan fingerprint density at radius 2 is 2.12 bits per heavy atom. The molecule has 0 atom stereocenters. The third-order valence-corrected chi connectivity index (χ3v) is 2.95. The molecule has 0 aliphatic heterocycles. The zero-order valence-electron chi connectivity index (χ0n) is 8.74. The molecule has 0 unspecified atom stereocenters. The Morgan fingerprint density at radius 1 is 1.31 bits per heavy atom. The van der Waals surface area contributed by atoms with Crippen LogP contribution in [-0.2, 0) is 0 Å². The summed E-state index contributed by atoms with van der Waals surface area (Å²) in [5, 5.41) is 3.13. The van der Waals surface area contributed by atoms with Crippen molar-refractivity contribution in [1.82, 2.24) is 9.97 Å². The Balaban J connectivity index is 2.24. The highest BCUT2D eigenvalue weighted by Crippen LogP contribution is 2.22. The Kier molecular flexibility index (Phi) is 3.05. The summed E-state index contributed by atoms with van der Waals surface area (Å²) in [7, 11) is 0. The van der Waals surface area contributed by atoms with Crippen LogP contribution in [-0.4, -0.2) is 9.97 Å². The SMILES string of the molecule is Cc1ccc(Nc2cncc(N)n2)cc1Br. The van der Waals surface area contributed by atoms with Gasteiger partial charge in [-0.15, -0.1) is 0 Å². The maximum Gasteiger partial charge on any atom is 0.151 e. The summed E-state index contributed by atoms with van der Waals surface area (Å²) in [5.74, 6) is 1.03. The normalized spacial score (nSPS) is 10.1. The average Bonchev–Trinajstić information content (AvgIpc) is 2.24. The fourth-order valence-electron chi connectivity index (χ4n) is 1.26. The van der Waals surface area contributed by atoms with E-state index in [1.54, 1.807) is 6.20 Å². The van der Waals surface area contributed by atoms with E-state index in [0.29, 0.717) is 11.6 Å². The summed E-state index contributed by atoms with van der Waals surface area (Å²) in [6, 6.07) is 5.98. The first-order valence-corrected chi connectivity index (χ1v) is 5.55. The van der Waals surface area contributed by atoms with Gasteiger partial charge in [0.15, 0.2) is 5.82 Å². The third-order valence-electron chi connectivity index (χ3n) is 2.10. The molecule has 2 aromatic rings. The molecular weight excluding hydrogens is 268 g/mol. The van der Waals surface area contributed by atoms with Gasteiger partial charge < -0.3 is 11.1 Å². The smallest absolute Gasteiger partial charge is 0.151 e. The van der Waals surface area contributed by atoms with Crippen molar-refractivity contribution in [3.63, 3.8) is 0 Å². The zero-order valence-corrected chi connectivity index (χ0v) is 10.3. The molecule has 0 radical (unpaired) electrons. The molecule has 5 heteroatoms. The molecule has 0 spiro atoms. The van der Waals surface area contributed by atoms with E-state index in [4.69, 9.17) is 5.73 Å². The van der Waals surface area contributed by atoms with Gasteiger partial charge in [0.05, 0.1) is 12.4 Å². The Morgan fingerprint density at radius 3 is 2.81 bits per heavy atom. The second-order valence-electron chi connectivity index (χ2n) is 3.42. The van der Waals surface area contributed by atoms with Gasteiger partial charge in [-0.3, -0.25) is 4.98 Å². The number of aromatic nitrogens is 2. The molecule has 0 amide bonds. The number of halogens is 1. The van der Waals surface area contributed by atoms with Crippen LogP contribution in [0, 0.1) is 6.92 Å². The first-order chi connectivity index (χ1) is 7.65. The number of hydrogen-bond donors (Lipinski definition) is 2. The van der Waals surface area contributed by atoms with E-state index in [-0.39, 0.29) is 0 Å². The van der Waals surface area contributed by atoms with Gasteiger partial charge in [-0.05, 0) is 24.6 Å². The van der Waals surface area contributed by atoms with Gasteiger partial charge in [0.1, 0.15) is 5.82 Å². The maximum atomic E-state index is 5.54. The number of nitrogens with one attached hydrogen (secondary N) is 1. The first kappa shape index (κ1) is 10.9. The van der Waals surface area contributed by atoms with Crippen LogP contribution in [0.4, 0.5) is 17.3 Å². The topological polar surface area (TPSA) is 63.8 Å². The lowest BCUT2D eigenvalue weighted by Crippen LogP contribution is -1.98. The van der Waals surface area contributed by atoms with Crippen molar-refractivity contribution in [1.29, 1.82) is 0 Å². The van der Waals surface area contributed by atoms with Gasteiger partial charge in [-0.2, -0.15) is 0 Å². The fraction of sp³-hybridized carbons (Fsp3) is 0.0909. The number of nitrogens with two attached hydrogens (primary N) is 1. The Hall–Kier alpha value is -1.62. The number of aryl methyl sites for hydroxylation is 1. The predicted molar refractivity (Wildman–Crippen MR) is 68.6 cm³/mol. The van der Waals surface area contributed by atoms with Crippen LogP contribution in [0.1, 0.15) is 5.56 Å². The van der Waals surface area contributed by atoms with Gasteiger partial charge in [-0.25, -0.2) is 4.98 Å². The molecule has 0 saturated heterocycles. The fourth-order valence-corrected chi connectivity index (χ4v) is 1.64. The number of nitrogen functional groups attached to an aromatic ring is 1. The quantitative estimate of drug-likeness (QED) is 0.887. The molecule has 0 saturated carbocycles. The molecule has 1 heterocycles. The lowest BCUT2D eigenvalue weighted by Gasteiger charge is -2.07. The minimum atomic E-state index is 0.399. The van der Waals surface area contributed by atoms with E-state index in [1.165, 1.54) is 11.8 Å². The summed E-state index contributed by atoms with van der Waals surface area (Å²) in [4.78, 5) is 8.07. The van der Waals surface area contributed by atoms with E-state index >= 15 is 0 Å². The number of benzene rings is 1. The minimum Gasteiger partial charge on any atom is -0.382 e. The standard InChI is InChI=1S/C11H11BrN4/c1-7-2-3-8(4-9(7)12)15-11-6-14-5-10(13)16-11/h2-6H,1H3,(H3,13,15,16). The van der Waals surface area contributed by atoms with Gasteiger partial charge in [0, 0.05) is 10.2 Å². The maximum absolute atomic E-state index is 5.54. The second-order valence-corrected chi connectivity index (χ2v) is 4.27. The number of rotatable bonds is 2. The number of nitrogens with zero attached hydrogens (tertiary/aromatic N) is 2. The van der Waals surface area contributed by atoms with E-state index in [2.05, 4.69) is 31.2 Å². The summed E-state index contributed by atoms with van der Waals surface area (Å²) >= 11 is 3.47. The molecule has 0 fully saturated rings. The van der Waals surface area contributed by atoms with Crippen LogP contribution in [0.2, 0.25) is 0 Å². The highest BCUT2D eigenvalue weighted by atomic mass is 79.9. The summed E-state index contributed by atoms with van der Waals surface area (Å²) < 4.78 is 1.05. The predicted octanol–water partition coefficient (Wildman–Crippen LogP) is 2.87. The highest BCUT2D eigenvalue weighted by Gasteiger charge is 1.99. The van der Waals surface area contributed by atoms with Crippen molar-refractivity contribution in [2.75, 3.05) is 11.1 Å². The van der Waals surface area contributed by atoms with Crippen LogP contribution >= 0.6 is 15.9 Å². The molecule has 4 nitrogen and oxygen atoms in total. The van der Waals surface area contributed by atoms with Gasteiger partial charge in [0.25, 0.3) is 0 Å². The van der Waals surface area contributed by atoms with Crippen LogP contribution in [0.3, 0.4) is 0 Å². The van der Waals surface area contributed by atoms with Crippen LogP contribution in [0.15, 0.2) is 35.1 Å². The Labute approximate surface area is 102 Å². The molecular formula is C11H11BrN4. The molecule has 2 rings (SSSR count). The molecule has 0 aliphatic rings. The third kappa shape index (κ3) is 2.49. The monoisotopic (exact) mass is 278 g/mol. The molecule has 3 N–H and O–H groups in total. The van der Waals surface area contributed by atoms with Gasteiger partial charge >= 0.3 is 0 Å². The average molecular weight is 279 g/mol. The molecule has 1 aromatic heterocycles. The molecule has 16 heavy (non-hydrogen) atoms. The number of anilines is 3. The summed E-state index contributed by atoms with van der Waals surface area (Å²) in [6.45, 7) is 2.04. The second kappa shape index (κ2) is 4.49. The van der Waals surface area contributed by atoms with E-state index in [1.807, 2.05) is 25.1 Å². The van der Waals surface area contributed by atoms with Gasteiger partial charge in [0.2, 0.25) is 0 Å². The molecule has 0 aliphatic carbocycles. The van der Waals surface area contributed by atoms with Crippen LogP contribution < -0.4 is 11.1 Å². The molecule has 0 bridgehead atoms.